The standard InChI is InChI=1S/C13H16N2O6S/c1-4-5-22-11-7(14-9(16)13(20)21)10(17)15(11)8(6(2)3)12(18)19/h4,7,11H,1,5H2,2-3H3,(H,14,16)(H,18,19)(H,20,21). The predicted molar refractivity (Wildman–Crippen MR) is 78.9 cm³/mol. The lowest BCUT2D eigenvalue weighted by Crippen LogP contribution is -2.70. The second-order valence-corrected chi connectivity index (χ2v) is 5.78. The van der Waals surface area contributed by atoms with Crippen molar-refractivity contribution < 1.29 is 29.4 Å². The van der Waals surface area contributed by atoms with Gasteiger partial charge in [0.1, 0.15) is 17.1 Å². The average molecular weight is 328 g/mol. The van der Waals surface area contributed by atoms with Crippen LogP contribution in [0.15, 0.2) is 23.9 Å². The number of nitrogens with one attached hydrogen (secondary N) is 1. The van der Waals surface area contributed by atoms with Crippen LogP contribution in [0.1, 0.15) is 13.8 Å². The molecule has 2 amide bonds. The fourth-order valence-corrected chi connectivity index (χ4v) is 3.00. The van der Waals surface area contributed by atoms with Crippen LogP contribution < -0.4 is 5.32 Å². The van der Waals surface area contributed by atoms with E-state index in [0.29, 0.717) is 11.3 Å². The summed E-state index contributed by atoms with van der Waals surface area (Å²) in [6.45, 7) is 6.63. The van der Waals surface area contributed by atoms with Gasteiger partial charge in [-0.1, -0.05) is 6.08 Å². The maximum Gasteiger partial charge on any atom is 0.394 e. The first-order valence-electron chi connectivity index (χ1n) is 6.22. The molecule has 0 saturated carbocycles. The molecule has 0 aliphatic carbocycles. The fraction of sp³-hybridized carbons (Fsp3) is 0.385. The normalized spacial score (nSPS) is 19.9. The third-order valence-electron chi connectivity index (χ3n) is 2.83. The van der Waals surface area contributed by atoms with Gasteiger partial charge in [0.2, 0.25) is 0 Å². The van der Waals surface area contributed by atoms with Crippen molar-refractivity contribution in [2.45, 2.75) is 25.3 Å². The van der Waals surface area contributed by atoms with Crippen LogP contribution in [0.2, 0.25) is 0 Å². The highest BCUT2D eigenvalue weighted by Gasteiger charge is 2.52. The Morgan fingerprint density at radius 2 is 1.91 bits per heavy atom. The first-order chi connectivity index (χ1) is 10.2. The van der Waals surface area contributed by atoms with Gasteiger partial charge in [-0.2, -0.15) is 0 Å². The second-order valence-electron chi connectivity index (χ2n) is 4.63. The summed E-state index contributed by atoms with van der Waals surface area (Å²) in [5.74, 6) is -4.53. The molecule has 0 radical (unpaired) electrons. The number of rotatable bonds is 6. The molecule has 1 aliphatic rings. The van der Waals surface area contributed by atoms with Gasteiger partial charge >= 0.3 is 17.8 Å². The Hall–Kier alpha value is -2.29. The van der Waals surface area contributed by atoms with Crippen LogP contribution in [0.4, 0.5) is 0 Å². The first kappa shape index (κ1) is 17.8. The summed E-state index contributed by atoms with van der Waals surface area (Å²) in [7, 11) is 0. The van der Waals surface area contributed by atoms with Crippen LogP contribution in [-0.2, 0) is 19.2 Å². The van der Waals surface area contributed by atoms with E-state index in [9.17, 15) is 24.3 Å². The molecule has 0 aromatic rings. The Balaban J connectivity index is 3.05. The number of aliphatic carboxylic acids is 2. The van der Waals surface area contributed by atoms with Crippen molar-refractivity contribution in [3.05, 3.63) is 23.9 Å². The molecule has 0 aromatic heterocycles. The molecule has 120 valence electrons. The molecule has 1 saturated heterocycles. The highest BCUT2D eigenvalue weighted by molar-refractivity contribution is 8.00. The maximum atomic E-state index is 12.1. The summed E-state index contributed by atoms with van der Waals surface area (Å²) in [6.07, 6.45) is 1.56. The minimum atomic E-state index is -1.71. The van der Waals surface area contributed by atoms with Crippen LogP contribution in [0.3, 0.4) is 0 Å². The molecular weight excluding hydrogens is 312 g/mol. The summed E-state index contributed by atoms with van der Waals surface area (Å²) in [5.41, 5.74) is 0.250. The van der Waals surface area contributed by atoms with Gasteiger partial charge in [-0.05, 0) is 19.4 Å². The molecule has 2 unspecified atom stereocenters. The molecule has 0 bridgehead atoms. The monoisotopic (exact) mass is 328 g/mol. The van der Waals surface area contributed by atoms with E-state index < -0.39 is 35.2 Å². The molecule has 2 atom stereocenters. The summed E-state index contributed by atoms with van der Waals surface area (Å²) in [4.78, 5) is 46.3. The maximum absolute atomic E-state index is 12.1. The van der Waals surface area contributed by atoms with Crippen molar-refractivity contribution in [1.29, 1.82) is 0 Å². The van der Waals surface area contributed by atoms with Gasteiger partial charge in [-0.15, -0.1) is 18.3 Å². The number of likely N-dealkylation sites (tertiary alicyclic amines) is 1. The number of allylic oxidation sites excluding steroid dienone is 1. The SMILES string of the molecule is C=CCSC1C(NC(=O)C(=O)O)C(=O)N1C(C(=O)O)=C(C)C. The van der Waals surface area contributed by atoms with Crippen molar-refractivity contribution in [3.63, 3.8) is 0 Å². The topological polar surface area (TPSA) is 124 Å². The molecule has 0 spiro atoms. The lowest BCUT2D eigenvalue weighted by atomic mass is 10.0. The number of carboxylic acid groups (broad SMARTS) is 2. The number of carbonyl (C=O) groups is 4. The van der Waals surface area contributed by atoms with E-state index >= 15 is 0 Å². The summed E-state index contributed by atoms with van der Waals surface area (Å²) in [5, 5.41) is 19.2. The number of carboxylic acids is 2. The third kappa shape index (κ3) is 3.48. The van der Waals surface area contributed by atoms with E-state index in [0.717, 1.165) is 4.90 Å². The number of thioether (sulfide) groups is 1. The molecule has 1 aliphatic heterocycles. The quantitative estimate of drug-likeness (QED) is 0.272. The number of nitrogens with zero attached hydrogens (tertiary/aromatic N) is 1. The molecule has 8 nitrogen and oxygen atoms in total. The third-order valence-corrected chi connectivity index (χ3v) is 4.08. The van der Waals surface area contributed by atoms with E-state index in [1.807, 2.05) is 0 Å². The van der Waals surface area contributed by atoms with Crippen molar-refractivity contribution in [2.75, 3.05) is 5.75 Å². The smallest absolute Gasteiger partial charge is 0.394 e. The van der Waals surface area contributed by atoms with Gasteiger partial charge in [0.25, 0.3) is 5.91 Å². The van der Waals surface area contributed by atoms with Crippen molar-refractivity contribution in [3.8, 4) is 0 Å². The van der Waals surface area contributed by atoms with E-state index in [1.54, 1.807) is 19.9 Å². The summed E-state index contributed by atoms with van der Waals surface area (Å²) < 4.78 is 0. The zero-order valence-corrected chi connectivity index (χ0v) is 12.8. The minimum absolute atomic E-state index is 0.174. The van der Waals surface area contributed by atoms with Gasteiger partial charge in [-0.25, -0.2) is 9.59 Å². The lowest BCUT2D eigenvalue weighted by Gasteiger charge is -2.46. The van der Waals surface area contributed by atoms with Crippen molar-refractivity contribution in [2.24, 2.45) is 0 Å². The van der Waals surface area contributed by atoms with Crippen molar-refractivity contribution in [1.82, 2.24) is 10.2 Å². The van der Waals surface area contributed by atoms with Gasteiger partial charge in [-0.3, -0.25) is 14.5 Å². The van der Waals surface area contributed by atoms with Gasteiger partial charge < -0.3 is 15.5 Å². The van der Waals surface area contributed by atoms with Crippen LogP contribution in [0, 0.1) is 0 Å². The van der Waals surface area contributed by atoms with Gasteiger partial charge in [0.15, 0.2) is 0 Å². The average Bonchev–Trinajstić information content (AvgIpc) is 2.43. The number of hydrogen-bond donors (Lipinski definition) is 3. The molecule has 0 aromatic carbocycles. The van der Waals surface area contributed by atoms with E-state index in [2.05, 4.69) is 11.9 Å². The first-order valence-corrected chi connectivity index (χ1v) is 7.27. The largest absolute Gasteiger partial charge is 0.477 e. The van der Waals surface area contributed by atoms with Crippen LogP contribution in [0.5, 0.6) is 0 Å². The Labute approximate surface area is 130 Å². The van der Waals surface area contributed by atoms with E-state index in [-0.39, 0.29) is 5.70 Å². The number of carbonyl (C=O) groups excluding carboxylic acids is 2. The molecule has 3 N–H and O–H groups in total. The number of β-lactam (4-membered cyclic amide) rings is 1. The summed E-state index contributed by atoms with van der Waals surface area (Å²) >= 11 is 1.18. The van der Waals surface area contributed by atoms with Crippen molar-refractivity contribution >= 4 is 35.5 Å². The Morgan fingerprint density at radius 3 is 2.32 bits per heavy atom. The molecular formula is C13H16N2O6S. The predicted octanol–water partition coefficient (Wildman–Crippen LogP) is 0.0218. The van der Waals surface area contributed by atoms with E-state index in [1.165, 1.54) is 11.8 Å². The van der Waals surface area contributed by atoms with Crippen LogP contribution in [-0.4, -0.2) is 56.0 Å². The molecule has 1 heterocycles. The molecule has 9 heteroatoms. The molecule has 1 fully saturated rings. The second kappa shape index (κ2) is 7.12. The van der Waals surface area contributed by atoms with Crippen LogP contribution >= 0.6 is 11.8 Å². The van der Waals surface area contributed by atoms with Crippen LogP contribution in [0.25, 0.3) is 0 Å². The highest BCUT2D eigenvalue weighted by Crippen LogP contribution is 2.34. The zero-order valence-electron chi connectivity index (χ0n) is 12.0. The number of hydrogen-bond acceptors (Lipinski definition) is 5. The number of amides is 2. The molecule has 1 rings (SSSR count). The van der Waals surface area contributed by atoms with E-state index in [4.69, 9.17) is 5.11 Å². The molecule has 22 heavy (non-hydrogen) atoms. The Morgan fingerprint density at radius 1 is 1.32 bits per heavy atom. The lowest BCUT2D eigenvalue weighted by molar-refractivity contribution is -0.155. The van der Waals surface area contributed by atoms with Gasteiger partial charge in [0, 0.05) is 5.75 Å². The Kier molecular flexibility index (Phi) is 5.75. The minimum Gasteiger partial charge on any atom is -0.477 e. The summed E-state index contributed by atoms with van der Waals surface area (Å²) in [6, 6.07) is -1.08. The fourth-order valence-electron chi connectivity index (χ4n) is 1.93. The highest BCUT2D eigenvalue weighted by atomic mass is 32.2. The Bertz CT molecular complexity index is 567. The van der Waals surface area contributed by atoms with Gasteiger partial charge in [0.05, 0.1) is 0 Å². The zero-order chi connectivity index (χ0) is 17.0.